The molecule has 1 fully saturated rings. The molecule has 1 aliphatic heterocycles. The van der Waals surface area contributed by atoms with Gasteiger partial charge in [0.2, 0.25) is 10.0 Å². The van der Waals surface area contributed by atoms with E-state index < -0.39 is 15.8 Å². The Balaban J connectivity index is 2.40. The van der Waals surface area contributed by atoms with E-state index in [2.05, 4.69) is 11.8 Å². The van der Waals surface area contributed by atoms with E-state index in [0.717, 1.165) is 12.1 Å². The molecule has 5 nitrogen and oxygen atoms in total. The zero-order valence-electron chi connectivity index (χ0n) is 11.7. The molecule has 1 atom stereocenters. The normalized spacial score (nSPS) is 19.3. The molecule has 1 unspecified atom stereocenters. The number of halogens is 1. The van der Waals surface area contributed by atoms with Crippen molar-refractivity contribution < 1.29 is 17.5 Å². The molecule has 7 heteroatoms. The molecule has 1 aromatic rings. The van der Waals surface area contributed by atoms with Crippen LogP contribution in [0.1, 0.15) is 12.0 Å². The highest BCUT2D eigenvalue weighted by atomic mass is 32.2. The summed E-state index contributed by atoms with van der Waals surface area (Å²) in [7, 11) is -2.16. The highest BCUT2D eigenvalue weighted by Crippen LogP contribution is 2.25. The Hall–Kier alpha value is -1.46. The second-order valence-corrected chi connectivity index (χ2v) is 6.56. The maximum absolute atomic E-state index is 13.3. The third-order valence-corrected chi connectivity index (χ3v) is 5.25. The standard InChI is InChI=1S/C14H17FN2O3S/c1-20-13-6-8-17(10-13)21(18,19)14-5-4-12(15)9-11(14)3-2-7-16/h4-5,9,13H,6-8,10,16H2,1H3. The minimum Gasteiger partial charge on any atom is -0.380 e. The molecular formula is C14H17FN2O3S. The van der Waals surface area contributed by atoms with Gasteiger partial charge in [-0.15, -0.1) is 0 Å². The van der Waals surface area contributed by atoms with Crippen molar-refractivity contribution in [1.29, 1.82) is 0 Å². The van der Waals surface area contributed by atoms with Crippen LogP contribution in [-0.2, 0) is 14.8 Å². The van der Waals surface area contributed by atoms with Gasteiger partial charge in [0, 0.05) is 25.8 Å². The van der Waals surface area contributed by atoms with Crippen LogP contribution in [0.25, 0.3) is 0 Å². The van der Waals surface area contributed by atoms with Crippen molar-refractivity contribution in [2.24, 2.45) is 5.73 Å². The second-order valence-electron chi connectivity index (χ2n) is 4.66. The van der Waals surface area contributed by atoms with Crippen molar-refractivity contribution in [3.63, 3.8) is 0 Å². The van der Waals surface area contributed by atoms with Crippen LogP contribution in [0.2, 0.25) is 0 Å². The molecule has 2 N–H and O–H groups in total. The summed E-state index contributed by atoms with van der Waals surface area (Å²) in [6, 6.07) is 3.47. The van der Waals surface area contributed by atoms with Gasteiger partial charge in [-0.05, 0) is 24.6 Å². The van der Waals surface area contributed by atoms with Gasteiger partial charge in [0.1, 0.15) is 5.82 Å². The van der Waals surface area contributed by atoms with Crippen molar-refractivity contribution in [3.05, 3.63) is 29.6 Å². The fourth-order valence-electron chi connectivity index (χ4n) is 2.22. The van der Waals surface area contributed by atoms with Crippen LogP contribution in [0.3, 0.4) is 0 Å². The molecule has 0 bridgehead atoms. The van der Waals surface area contributed by atoms with Crippen molar-refractivity contribution in [1.82, 2.24) is 4.31 Å². The lowest BCUT2D eigenvalue weighted by molar-refractivity contribution is 0.115. The lowest BCUT2D eigenvalue weighted by Gasteiger charge is -2.17. The zero-order valence-corrected chi connectivity index (χ0v) is 12.5. The molecule has 1 saturated heterocycles. The van der Waals surface area contributed by atoms with Gasteiger partial charge < -0.3 is 10.5 Å². The molecule has 114 valence electrons. The Labute approximate surface area is 123 Å². The van der Waals surface area contributed by atoms with Crippen LogP contribution >= 0.6 is 0 Å². The average molecular weight is 312 g/mol. The molecule has 0 aromatic heterocycles. The molecule has 21 heavy (non-hydrogen) atoms. The minimum atomic E-state index is -3.72. The van der Waals surface area contributed by atoms with Crippen molar-refractivity contribution in [3.8, 4) is 11.8 Å². The number of methoxy groups -OCH3 is 1. The average Bonchev–Trinajstić information content (AvgIpc) is 2.94. The number of rotatable bonds is 3. The number of nitrogens with two attached hydrogens (primary N) is 1. The van der Waals surface area contributed by atoms with Crippen LogP contribution in [0, 0.1) is 17.7 Å². The highest BCUT2D eigenvalue weighted by Gasteiger charge is 2.33. The van der Waals surface area contributed by atoms with Gasteiger partial charge in [0.25, 0.3) is 0 Å². The molecule has 0 saturated carbocycles. The van der Waals surface area contributed by atoms with Gasteiger partial charge in [0.15, 0.2) is 0 Å². The Morgan fingerprint density at radius 3 is 2.90 bits per heavy atom. The van der Waals surface area contributed by atoms with Crippen LogP contribution in [0.15, 0.2) is 23.1 Å². The van der Waals surface area contributed by atoms with Gasteiger partial charge in [-0.3, -0.25) is 0 Å². The van der Waals surface area contributed by atoms with E-state index in [0.29, 0.717) is 19.5 Å². The van der Waals surface area contributed by atoms with Crippen molar-refractivity contribution >= 4 is 10.0 Å². The number of hydrogen-bond donors (Lipinski definition) is 1. The summed E-state index contributed by atoms with van der Waals surface area (Å²) in [6.07, 6.45) is 0.527. The first kappa shape index (κ1) is 15.9. The van der Waals surface area contributed by atoms with Gasteiger partial charge in [-0.25, -0.2) is 12.8 Å². The number of ether oxygens (including phenoxy) is 1. The Morgan fingerprint density at radius 1 is 1.52 bits per heavy atom. The van der Waals surface area contributed by atoms with E-state index in [1.165, 1.54) is 10.4 Å². The fourth-order valence-corrected chi connectivity index (χ4v) is 3.83. The zero-order chi connectivity index (χ0) is 15.5. The number of hydrogen-bond acceptors (Lipinski definition) is 4. The van der Waals surface area contributed by atoms with Crippen molar-refractivity contribution in [2.75, 3.05) is 26.7 Å². The third kappa shape index (κ3) is 3.41. The van der Waals surface area contributed by atoms with Crippen LogP contribution in [-0.4, -0.2) is 45.6 Å². The van der Waals surface area contributed by atoms with E-state index in [4.69, 9.17) is 10.5 Å². The quantitative estimate of drug-likeness (QED) is 0.827. The summed E-state index contributed by atoms with van der Waals surface area (Å²) in [4.78, 5) is 0.00148. The SMILES string of the molecule is COC1CCN(S(=O)(=O)c2ccc(F)cc2C#CCN)C1. The predicted molar refractivity (Wildman–Crippen MR) is 76.5 cm³/mol. The van der Waals surface area contributed by atoms with Gasteiger partial charge in [-0.1, -0.05) is 11.8 Å². The second kappa shape index (κ2) is 6.54. The molecule has 0 amide bonds. The largest absolute Gasteiger partial charge is 0.380 e. The van der Waals surface area contributed by atoms with E-state index in [1.807, 2.05) is 0 Å². The summed E-state index contributed by atoms with van der Waals surface area (Å²) in [5, 5.41) is 0. The molecular weight excluding hydrogens is 295 g/mol. The first-order valence-electron chi connectivity index (χ1n) is 6.50. The van der Waals surface area contributed by atoms with Crippen molar-refractivity contribution in [2.45, 2.75) is 17.4 Å². The Bertz CT molecular complexity index is 679. The molecule has 1 aromatic carbocycles. The van der Waals surface area contributed by atoms with Crippen LogP contribution in [0.4, 0.5) is 4.39 Å². The molecule has 0 aliphatic carbocycles. The highest BCUT2D eigenvalue weighted by molar-refractivity contribution is 7.89. The molecule has 0 radical (unpaired) electrons. The molecule has 1 aliphatic rings. The first-order valence-corrected chi connectivity index (χ1v) is 7.94. The summed E-state index contributed by atoms with van der Waals surface area (Å²) in [6.45, 7) is 0.743. The summed E-state index contributed by atoms with van der Waals surface area (Å²) >= 11 is 0. The lowest BCUT2D eigenvalue weighted by Crippen LogP contribution is -2.30. The number of benzene rings is 1. The third-order valence-electron chi connectivity index (χ3n) is 3.33. The van der Waals surface area contributed by atoms with Crippen LogP contribution < -0.4 is 5.73 Å². The van der Waals surface area contributed by atoms with Gasteiger partial charge >= 0.3 is 0 Å². The summed E-state index contributed by atoms with van der Waals surface area (Å²) in [5.74, 6) is 4.64. The molecule has 0 spiro atoms. The van der Waals surface area contributed by atoms with E-state index >= 15 is 0 Å². The van der Waals surface area contributed by atoms with Gasteiger partial charge in [0.05, 0.1) is 17.5 Å². The summed E-state index contributed by atoms with van der Waals surface area (Å²) in [5.41, 5.74) is 5.41. The van der Waals surface area contributed by atoms with E-state index in [1.54, 1.807) is 7.11 Å². The fraction of sp³-hybridized carbons (Fsp3) is 0.429. The maximum atomic E-state index is 13.3. The Morgan fingerprint density at radius 2 is 2.29 bits per heavy atom. The number of sulfonamides is 1. The maximum Gasteiger partial charge on any atom is 0.244 e. The smallest absolute Gasteiger partial charge is 0.244 e. The van der Waals surface area contributed by atoms with Gasteiger partial charge in [-0.2, -0.15) is 4.31 Å². The van der Waals surface area contributed by atoms with E-state index in [9.17, 15) is 12.8 Å². The number of nitrogens with zero attached hydrogens (tertiary/aromatic N) is 1. The topological polar surface area (TPSA) is 72.6 Å². The first-order chi connectivity index (χ1) is 9.98. The monoisotopic (exact) mass is 312 g/mol. The molecule has 2 rings (SSSR count). The van der Waals surface area contributed by atoms with E-state index in [-0.39, 0.29) is 23.1 Å². The minimum absolute atomic E-state index is 0.00148. The predicted octanol–water partition coefficient (Wildman–Crippen LogP) is 0.545. The lowest BCUT2D eigenvalue weighted by atomic mass is 10.2. The molecule has 1 heterocycles. The Kier molecular flexibility index (Phi) is 4.96. The van der Waals surface area contributed by atoms with Crippen LogP contribution in [0.5, 0.6) is 0 Å². The summed E-state index contributed by atoms with van der Waals surface area (Å²) < 4.78 is 45.1.